The molecule has 1 atom stereocenters. The number of carbonyl (C=O) groups excluding carboxylic acids is 1. The molecule has 0 aliphatic rings. The van der Waals surface area contributed by atoms with E-state index in [1.54, 1.807) is 36.0 Å². The van der Waals surface area contributed by atoms with Crippen LogP contribution >= 0.6 is 11.8 Å². The molecular formula is C34H36O7S2. The monoisotopic (exact) mass is 620 g/mol. The van der Waals surface area contributed by atoms with Gasteiger partial charge in [-0.15, -0.1) is 11.8 Å². The summed E-state index contributed by atoms with van der Waals surface area (Å²) >= 11 is 1.60. The van der Waals surface area contributed by atoms with Crippen LogP contribution in [0.2, 0.25) is 0 Å². The molecule has 0 spiro atoms. The zero-order chi connectivity index (χ0) is 30.5. The fourth-order valence-electron chi connectivity index (χ4n) is 4.33. The summed E-state index contributed by atoms with van der Waals surface area (Å²) in [5, 5.41) is -0.308. The predicted molar refractivity (Wildman–Crippen MR) is 170 cm³/mol. The molecule has 0 aromatic heterocycles. The van der Waals surface area contributed by atoms with Crippen molar-refractivity contribution in [3.63, 3.8) is 0 Å². The second-order valence-corrected chi connectivity index (χ2v) is 12.8. The molecule has 4 rings (SSSR count). The summed E-state index contributed by atoms with van der Waals surface area (Å²) in [6.07, 6.45) is 3.08. The van der Waals surface area contributed by atoms with E-state index in [0.29, 0.717) is 31.8 Å². The SMILES string of the molecule is COC(=O)C(Cc1cccc(CCOc2ccc(OS(C)(=O)=O)cc2)c1)SCCc1ccc(OCc2ccccc2)cc1. The molecule has 0 aliphatic carbocycles. The number of thioether (sulfide) groups is 1. The van der Waals surface area contributed by atoms with Gasteiger partial charge >= 0.3 is 16.1 Å². The molecule has 43 heavy (non-hydrogen) atoms. The van der Waals surface area contributed by atoms with Crippen molar-refractivity contribution in [3.8, 4) is 17.2 Å². The third-order valence-corrected chi connectivity index (χ3v) is 8.19. The first-order valence-corrected chi connectivity index (χ1v) is 16.8. The van der Waals surface area contributed by atoms with Crippen LogP contribution in [0.4, 0.5) is 0 Å². The molecule has 0 saturated carbocycles. The van der Waals surface area contributed by atoms with Gasteiger partial charge in [-0.1, -0.05) is 66.7 Å². The van der Waals surface area contributed by atoms with Crippen molar-refractivity contribution in [3.05, 3.63) is 125 Å². The largest absolute Gasteiger partial charge is 0.493 e. The first kappa shape index (κ1) is 32.0. The van der Waals surface area contributed by atoms with E-state index in [4.69, 9.17) is 18.4 Å². The molecule has 0 fully saturated rings. The highest BCUT2D eigenvalue weighted by molar-refractivity contribution is 8.00. The minimum Gasteiger partial charge on any atom is -0.493 e. The Kier molecular flexibility index (Phi) is 11.9. The van der Waals surface area contributed by atoms with E-state index in [2.05, 4.69) is 18.2 Å². The third kappa shape index (κ3) is 11.3. The summed E-state index contributed by atoms with van der Waals surface area (Å²) in [7, 11) is -2.14. The molecule has 0 amide bonds. The van der Waals surface area contributed by atoms with Gasteiger partial charge in [0, 0.05) is 6.42 Å². The van der Waals surface area contributed by atoms with E-state index >= 15 is 0 Å². The lowest BCUT2D eigenvalue weighted by Gasteiger charge is -2.15. The number of hydrogen-bond acceptors (Lipinski definition) is 8. The van der Waals surface area contributed by atoms with Crippen molar-refractivity contribution in [1.82, 2.24) is 0 Å². The highest BCUT2D eigenvalue weighted by Gasteiger charge is 2.20. The summed E-state index contributed by atoms with van der Waals surface area (Å²) < 4.78 is 44.2. The normalized spacial score (nSPS) is 11.9. The van der Waals surface area contributed by atoms with Crippen LogP contribution in [0.25, 0.3) is 0 Å². The minimum absolute atomic E-state index is 0.230. The van der Waals surface area contributed by atoms with Gasteiger partial charge < -0.3 is 18.4 Å². The first-order valence-electron chi connectivity index (χ1n) is 13.9. The minimum atomic E-state index is -3.57. The summed E-state index contributed by atoms with van der Waals surface area (Å²) in [5.74, 6) is 2.24. The molecule has 0 bridgehead atoms. The van der Waals surface area contributed by atoms with E-state index in [9.17, 15) is 13.2 Å². The highest BCUT2D eigenvalue weighted by atomic mass is 32.2. The van der Waals surface area contributed by atoms with Crippen molar-refractivity contribution in [2.24, 2.45) is 0 Å². The summed E-state index contributed by atoms with van der Waals surface area (Å²) in [5.41, 5.74) is 4.46. The van der Waals surface area contributed by atoms with Gasteiger partial charge in [-0.2, -0.15) is 8.42 Å². The fraction of sp³-hybridized carbons (Fsp3) is 0.265. The Balaban J connectivity index is 1.23. The molecule has 0 N–H and O–H groups in total. The molecule has 226 valence electrons. The van der Waals surface area contributed by atoms with Crippen molar-refractivity contribution < 1.29 is 31.6 Å². The Morgan fingerprint density at radius 3 is 2.05 bits per heavy atom. The molecule has 0 saturated heterocycles. The quantitative estimate of drug-likeness (QED) is 0.107. The van der Waals surface area contributed by atoms with Crippen LogP contribution in [0.15, 0.2) is 103 Å². The Morgan fingerprint density at radius 2 is 1.35 bits per heavy atom. The summed E-state index contributed by atoms with van der Waals surface area (Å²) in [4.78, 5) is 12.6. The Labute approximate surface area is 258 Å². The van der Waals surface area contributed by atoms with Gasteiger partial charge in [-0.3, -0.25) is 4.79 Å². The van der Waals surface area contributed by atoms with E-state index in [0.717, 1.165) is 40.9 Å². The average molecular weight is 621 g/mol. The number of methoxy groups -OCH3 is 1. The maximum absolute atomic E-state index is 12.6. The second-order valence-electron chi connectivity index (χ2n) is 9.93. The van der Waals surface area contributed by atoms with E-state index in [1.807, 2.05) is 60.7 Å². The standard InChI is InChI=1S/C34H36O7S2/c1-38-34(35)33(42-22-20-26-11-13-31(14-12-26)40-25-28-7-4-3-5-8-28)24-29-10-6-9-27(23-29)19-21-39-30-15-17-32(18-16-30)41-43(2,36)37/h3-18,23,33H,19-22,24-25H2,1-2H3. The number of esters is 1. The van der Waals surface area contributed by atoms with Crippen molar-refractivity contribution in [1.29, 1.82) is 0 Å². The number of aryl methyl sites for hydroxylation is 1. The number of carbonyl (C=O) groups is 1. The lowest BCUT2D eigenvalue weighted by atomic mass is 10.0. The molecule has 4 aromatic carbocycles. The molecule has 4 aromatic rings. The average Bonchev–Trinajstić information content (AvgIpc) is 3.00. The van der Waals surface area contributed by atoms with E-state index in [-0.39, 0.29) is 17.0 Å². The third-order valence-electron chi connectivity index (χ3n) is 6.49. The lowest BCUT2D eigenvalue weighted by molar-refractivity contribution is -0.139. The van der Waals surface area contributed by atoms with Gasteiger partial charge in [-0.25, -0.2) is 0 Å². The van der Waals surface area contributed by atoms with Crippen LogP contribution in [-0.4, -0.2) is 45.4 Å². The smallest absolute Gasteiger partial charge is 0.319 e. The van der Waals surface area contributed by atoms with Gasteiger partial charge in [0.1, 0.15) is 29.1 Å². The van der Waals surface area contributed by atoms with Crippen molar-refractivity contribution in [2.75, 3.05) is 25.7 Å². The van der Waals surface area contributed by atoms with Crippen LogP contribution in [0.5, 0.6) is 17.2 Å². The second kappa shape index (κ2) is 16.0. The van der Waals surface area contributed by atoms with Crippen LogP contribution in [0, 0.1) is 0 Å². The van der Waals surface area contributed by atoms with Gasteiger partial charge in [-0.05, 0) is 77.2 Å². The van der Waals surface area contributed by atoms with Crippen LogP contribution in [-0.2, 0) is 45.5 Å². The first-order chi connectivity index (χ1) is 20.8. The maximum Gasteiger partial charge on any atom is 0.319 e. The Morgan fingerprint density at radius 1 is 0.721 bits per heavy atom. The number of benzene rings is 4. The molecule has 0 heterocycles. The van der Waals surface area contributed by atoms with Crippen molar-refractivity contribution in [2.45, 2.75) is 31.1 Å². The molecule has 1 unspecified atom stereocenters. The van der Waals surface area contributed by atoms with Crippen LogP contribution < -0.4 is 13.7 Å². The molecule has 0 radical (unpaired) electrons. The van der Waals surface area contributed by atoms with Gasteiger partial charge in [0.15, 0.2) is 0 Å². The number of rotatable bonds is 16. The van der Waals surface area contributed by atoms with Crippen LogP contribution in [0.3, 0.4) is 0 Å². The number of ether oxygens (including phenoxy) is 3. The topological polar surface area (TPSA) is 88.1 Å². The zero-order valence-corrected chi connectivity index (χ0v) is 25.9. The molecule has 0 aliphatic heterocycles. The molecule has 9 heteroatoms. The van der Waals surface area contributed by atoms with Gasteiger partial charge in [0.05, 0.1) is 20.0 Å². The van der Waals surface area contributed by atoms with Gasteiger partial charge in [0.25, 0.3) is 0 Å². The van der Waals surface area contributed by atoms with Gasteiger partial charge in [0.2, 0.25) is 0 Å². The molecule has 7 nitrogen and oxygen atoms in total. The van der Waals surface area contributed by atoms with E-state index < -0.39 is 10.1 Å². The maximum atomic E-state index is 12.6. The summed E-state index contributed by atoms with van der Waals surface area (Å²) in [6, 6.07) is 32.8. The fourth-order valence-corrected chi connectivity index (χ4v) is 5.97. The lowest BCUT2D eigenvalue weighted by Crippen LogP contribution is -2.22. The van der Waals surface area contributed by atoms with Crippen LogP contribution in [0.1, 0.15) is 22.3 Å². The van der Waals surface area contributed by atoms with E-state index in [1.165, 1.54) is 12.7 Å². The van der Waals surface area contributed by atoms with Crippen molar-refractivity contribution >= 4 is 27.8 Å². The zero-order valence-electron chi connectivity index (χ0n) is 24.3. The molecular weight excluding hydrogens is 585 g/mol. The summed E-state index contributed by atoms with van der Waals surface area (Å²) in [6.45, 7) is 0.977. The highest BCUT2D eigenvalue weighted by Crippen LogP contribution is 2.23. The Bertz CT molecular complexity index is 1540. The number of hydrogen-bond donors (Lipinski definition) is 0. The Hall–Kier alpha value is -3.95. The predicted octanol–water partition coefficient (Wildman–Crippen LogP) is 6.29.